The molecule has 5 N–H and O–H groups in total. The van der Waals surface area contributed by atoms with Crippen molar-refractivity contribution in [1.29, 1.82) is 0 Å². The first-order valence-corrected chi connectivity index (χ1v) is 14.1. The van der Waals surface area contributed by atoms with E-state index in [1.54, 1.807) is 29.7 Å². The number of nitrogens with one attached hydrogen (secondary N) is 2. The van der Waals surface area contributed by atoms with Crippen molar-refractivity contribution in [2.75, 3.05) is 26.3 Å². The number of likely N-dealkylation sites (tertiary alicyclic amines) is 1. The molecule has 49 heavy (non-hydrogen) atoms. The molecule has 0 radical (unpaired) electrons. The maximum atomic E-state index is 12.9. The van der Waals surface area contributed by atoms with Crippen LogP contribution in [0.25, 0.3) is 10.9 Å². The summed E-state index contributed by atoms with van der Waals surface area (Å²) < 4.78 is 82.2. The number of hydrogen-bond donors (Lipinski definition) is 5. The fraction of sp³-hybridized carbons (Fsp3) is 0.367. The highest BCUT2D eigenvalue weighted by atomic mass is 19.4. The van der Waals surface area contributed by atoms with Crippen LogP contribution < -0.4 is 15.5 Å². The summed E-state index contributed by atoms with van der Waals surface area (Å²) in [5.41, 5.74) is 4.94. The number of carboxylic acid groups (broad SMARTS) is 2. The lowest BCUT2D eigenvalue weighted by Crippen LogP contribution is -2.56. The minimum Gasteiger partial charge on any atom is -0.489 e. The number of piperidine rings is 1. The number of nitrogens with zero attached hydrogens (tertiary/aromatic N) is 2. The van der Waals surface area contributed by atoms with Crippen LogP contribution in [-0.2, 0) is 21.0 Å². The minimum absolute atomic E-state index is 0.234. The molecule has 0 spiro atoms. The predicted octanol–water partition coefficient (Wildman–Crippen LogP) is 4.28. The van der Waals surface area contributed by atoms with Gasteiger partial charge in [0.15, 0.2) is 0 Å². The molecule has 0 saturated carbocycles. The number of para-hydroxylation sites is 1. The number of carbonyl (C=O) groups excluding carboxylic acids is 2. The summed E-state index contributed by atoms with van der Waals surface area (Å²) in [5, 5.41) is 27.2. The summed E-state index contributed by atoms with van der Waals surface area (Å²) in [6, 6.07) is 16.1. The maximum Gasteiger partial charge on any atom is 0.490 e. The molecule has 1 aliphatic rings. The third-order valence-corrected chi connectivity index (χ3v) is 6.79. The molecule has 0 unspecified atom stereocenters. The van der Waals surface area contributed by atoms with E-state index < -0.39 is 48.8 Å². The van der Waals surface area contributed by atoms with Gasteiger partial charge >= 0.3 is 24.3 Å². The van der Waals surface area contributed by atoms with Crippen LogP contribution in [0.2, 0.25) is 0 Å². The molecule has 2 aromatic carbocycles. The molecule has 4 rings (SSSR count). The number of ether oxygens (including phenoxy) is 1. The van der Waals surface area contributed by atoms with Gasteiger partial charge in [-0.05, 0) is 56.3 Å². The molecule has 2 heterocycles. The van der Waals surface area contributed by atoms with Crippen molar-refractivity contribution in [1.82, 2.24) is 20.7 Å². The molecular weight excluding hydrogens is 677 g/mol. The zero-order valence-corrected chi connectivity index (χ0v) is 25.5. The Morgan fingerprint density at radius 2 is 1.53 bits per heavy atom. The summed E-state index contributed by atoms with van der Waals surface area (Å²) >= 11 is 0. The fourth-order valence-corrected chi connectivity index (χ4v) is 4.51. The molecule has 3 aromatic rings. The molecule has 2 atom stereocenters. The van der Waals surface area contributed by atoms with Crippen molar-refractivity contribution < 1.29 is 70.1 Å². The van der Waals surface area contributed by atoms with Crippen LogP contribution in [0.5, 0.6) is 5.75 Å². The third kappa shape index (κ3) is 12.8. The SMILES string of the molecule is Cc1cc(COc2ccc(C(=O)N[C@@H]3CN(CCF)CC[C@@H]3C(=O)NO)cc2)c2ccccc2n1.O=C(O)C(F)(F)F.O=C(O)C(F)(F)F. The summed E-state index contributed by atoms with van der Waals surface area (Å²) in [6.07, 6.45) is -9.76. The molecule has 0 aliphatic carbocycles. The second-order valence-corrected chi connectivity index (χ2v) is 10.3. The Kier molecular flexibility index (Phi) is 14.7. The van der Waals surface area contributed by atoms with Gasteiger partial charge in [0.2, 0.25) is 5.91 Å². The number of halogens is 7. The molecular formula is C30H31F7N4O8. The van der Waals surface area contributed by atoms with Gasteiger partial charge in [-0.3, -0.25) is 24.7 Å². The largest absolute Gasteiger partial charge is 0.490 e. The third-order valence-electron chi connectivity index (χ3n) is 6.79. The smallest absolute Gasteiger partial charge is 0.489 e. The van der Waals surface area contributed by atoms with Gasteiger partial charge in [-0.2, -0.15) is 26.3 Å². The van der Waals surface area contributed by atoms with Crippen molar-refractivity contribution >= 4 is 34.7 Å². The Bertz CT molecular complexity index is 1560. The number of carboxylic acids is 2. The first kappa shape index (κ1) is 40.1. The van der Waals surface area contributed by atoms with Crippen LogP contribution >= 0.6 is 0 Å². The Labute approximate surface area is 273 Å². The monoisotopic (exact) mass is 708 g/mol. The van der Waals surface area contributed by atoms with Crippen LogP contribution in [-0.4, -0.2) is 93.8 Å². The molecule has 12 nitrogen and oxygen atoms in total. The van der Waals surface area contributed by atoms with Gasteiger partial charge in [0.25, 0.3) is 5.91 Å². The lowest BCUT2D eigenvalue weighted by Gasteiger charge is -2.37. The average Bonchev–Trinajstić information content (AvgIpc) is 3.03. The second-order valence-electron chi connectivity index (χ2n) is 10.3. The Balaban J connectivity index is 0.000000500. The number of aromatic nitrogens is 1. The molecule has 1 aliphatic heterocycles. The number of alkyl halides is 7. The molecule has 1 fully saturated rings. The Morgan fingerprint density at radius 1 is 0.959 bits per heavy atom. The first-order valence-electron chi connectivity index (χ1n) is 14.1. The number of carbonyl (C=O) groups is 4. The van der Waals surface area contributed by atoms with Gasteiger partial charge in [0.05, 0.1) is 17.5 Å². The van der Waals surface area contributed by atoms with E-state index in [9.17, 15) is 40.3 Å². The van der Waals surface area contributed by atoms with E-state index in [1.165, 1.54) is 0 Å². The van der Waals surface area contributed by atoms with Gasteiger partial charge in [0.1, 0.15) is 19.0 Å². The van der Waals surface area contributed by atoms with Crippen molar-refractivity contribution in [3.8, 4) is 5.75 Å². The van der Waals surface area contributed by atoms with Gasteiger partial charge in [0, 0.05) is 35.3 Å². The molecule has 268 valence electrons. The lowest BCUT2D eigenvalue weighted by atomic mass is 9.90. The topological polar surface area (TPSA) is 178 Å². The molecule has 1 aromatic heterocycles. The van der Waals surface area contributed by atoms with Crippen LogP contribution in [0.15, 0.2) is 54.6 Å². The van der Waals surface area contributed by atoms with Crippen LogP contribution in [0.1, 0.15) is 28.0 Å². The van der Waals surface area contributed by atoms with E-state index in [0.717, 1.165) is 22.2 Å². The molecule has 19 heteroatoms. The van der Waals surface area contributed by atoms with Gasteiger partial charge in [-0.15, -0.1) is 0 Å². The van der Waals surface area contributed by atoms with Gasteiger partial charge < -0.3 is 20.3 Å². The van der Waals surface area contributed by atoms with Crippen molar-refractivity contribution in [2.24, 2.45) is 5.92 Å². The van der Waals surface area contributed by atoms with Crippen molar-refractivity contribution in [3.05, 3.63) is 71.4 Å². The van der Waals surface area contributed by atoms with E-state index in [-0.39, 0.29) is 12.5 Å². The highest BCUT2D eigenvalue weighted by Crippen LogP contribution is 2.22. The zero-order valence-electron chi connectivity index (χ0n) is 25.5. The Hall–Kier alpha value is -5.04. The highest BCUT2D eigenvalue weighted by Gasteiger charge is 2.39. The van der Waals surface area contributed by atoms with Crippen molar-refractivity contribution in [3.63, 3.8) is 0 Å². The first-order chi connectivity index (χ1) is 22.9. The van der Waals surface area contributed by atoms with Gasteiger partial charge in [-0.1, -0.05) is 18.2 Å². The van der Waals surface area contributed by atoms with Crippen LogP contribution in [0.3, 0.4) is 0 Å². The van der Waals surface area contributed by atoms with Gasteiger partial charge in [-0.25, -0.2) is 19.5 Å². The van der Waals surface area contributed by atoms with Crippen molar-refractivity contribution in [2.45, 2.75) is 38.3 Å². The van der Waals surface area contributed by atoms with Crippen LogP contribution in [0.4, 0.5) is 30.7 Å². The molecule has 0 bridgehead atoms. The minimum atomic E-state index is -5.08. The maximum absolute atomic E-state index is 12.9. The number of pyridine rings is 1. The molecule has 1 saturated heterocycles. The summed E-state index contributed by atoms with van der Waals surface area (Å²) in [5.74, 6) is -6.40. The fourth-order valence-electron chi connectivity index (χ4n) is 4.51. The number of fused-ring (bicyclic) bond motifs is 1. The highest BCUT2D eigenvalue weighted by molar-refractivity contribution is 5.95. The summed E-state index contributed by atoms with van der Waals surface area (Å²) in [7, 11) is 0. The number of aryl methyl sites for hydroxylation is 1. The Morgan fingerprint density at radius 3 is 2.06 bits per heavy atom. The summed E-state index contributed by atoms with van der Waals surface area (Å²) in [4.78, 5) is 49.1. The number of benzene rings is 2. The average molecular weight is 709 g/mol. The van der Waals surface area contributed by atoms with E-state index in [4.69, 9.17) is 29.7 Å². The van der Waals surface area contributed by atoms with E-state index >= 15 is 0 Å². The normalized spacial score (nSPS) is 16.3. The predicted molar refractivity (Wildman–Crippen MR) is 156 cm³/mol. The van der Waals surface area contributed by atoms with E-state index in [1.807, 2.05) is 42.2 Å². The number of hydroxylamine groups is 1. The molecule has 2 amide bonds. The van der Waals surface area contributed by atoms with Crippen LogP contribution in [0, 0.1) is 12.8 Å². The zero-order chi connectivity index (χ0) is 36.9. The standard InChI is InChI=1S/C26H29FN4O4.2C2HF3O2/c1-17-14-19(21-4-2-3-5-23(21)28-17)16-35-20-8-6-18(7-9-20)25(32)29-24-15-31(13-11-27)12-10-22(24)26(33)30-34;2*3-2(4,5)1(6)7/h2-9,14,22,24,34H,10-13,15-16H2,1H3,(H,29,32)(H,30,33);2*(H,6,7)/t22-,24+;;/m0../s1. The van der Waals surface area contributed by atoms with E-state index in [2.05, 4.69) is 10.3 Å². The number of rotatable bonds is 8. The van der Waals surface area contributed by atoms with E-state index in [0.29, 0.717) is 37.4 Å². The summed E-state index contributed by atoms with van der Waals surface area (Å²) in [6.45, 7) is 2.88. The number of hydrogen-bond acceptors (Lipinski definition) is 8. The number of aliphatic carboxylic acids is 2. The lowest BCUT2D eigenvalue weighted by molar-refractivity contribution is -0.193. The second kappa shape index (κ2) is 17.9. The quantitative estimate of drug-likeness (QED) is 0.129. The number of amides is 2.